The molecule has 1 atom stereocenters. The van der Waals surface area contributed by atoms with Crippen LogP contribution >= 0.6 is 0 Å². The van der Waals surface area contributed by atoms with Crippen molar-refractivity contribution in [3.8, 4) is 17.1 Å². The number of nitrogens with zero attached hydrogens (tertiary/aromatic N) is 2. The molecule has 2 aromatic carbocycles. The number of fused-ring (bicyclic) bond motifs is 1. The number of rotatable bonds is 7. The standard InChI is InChI=1S/C19H20N2O3/c22-13-15(23)9-6-12-24-19-18(14-7-2-1-3-8-14)20-16-10-4-5-11-17(16)21-19/h1-5,7-8,10-11,15,22-23H,6,9,12-13H2. The summed E-state index contributed by atoms with van der Waals surface area (Å²) in [7, 11) is 0. The second-order valence-corrected chi connectivity index (χ2v) is 5.56. The molecule has 0 spiro atoms. The first kappa shape index (κ1) is 16.4. The van der Waals surface area contributed by atoms with Crippen molar-refractivity contribution in [2.24, 2.45) is 0 Å². The Hall–Kier alpha value is -2.50. The Labute approximate surface area is 140 Å². The number of benzene rings is 2. The maximum absolute atomic E-state index is 9.40. The van der Waals surface area contributed by atoms with Crippen LogP contribution in [0.2, 0.25) is 0 Å². The van der Waals surface area contributed by atoms with Crippen molar-refractivity contribution in [2.45, 2.75) is 18.9 Å². The van der Waals surface area contributed by atoms with Gasteiger partial charge in [-0.15, -0.1) is 0 Å². The Morgan fingerprint density at radius 1 is 0.917 bits per heavy atom. The number of hydrogen-bond donors (Lipinski definition) is 2. The predicted molar refractivity (Wildman–Crippen MR) is 92.8 cm³/mol. The molecule has 124 valence electrons. The van der Waals surface area contributed by atoms with Crippen LogP contribution in [0.4, 0.5) is 0 Å². The minimum Gasteiger partial charge on any atom is -0.476 e. The molecule has 2 N–H and O–H groups in total. The molecule has 5 nitrogen and oxygen atoms in total. The lowest BCUT2D eigenvalue weighted by atomic mass is 10.1. The molecule has 0 bridgehead atoms. The first-order chi connectivity index (χ1) is 11.8. The molecule has 3 rings (SSSR count). The summed E-state index contributed by atoms with van der Waals surface area (Å²) in [4.78, 5) is 9.29. The van der Waals surface area contributed by atoms with E-state index in [2.05, 4.69) is 4.98 Å². The number of aliphatic hydroxyl groups excluding tert-OH is 2. The Bertz CT molecular complexity index is 793. The van der Waals surface area contributed by atoms with Crippen molar-refractivity contribution in [3.63, 3.8) is 0 Å². The lowest BCUT2D eigenvalue weighted by molar-refractivity contribution is 0.0826. The lowest BCUT2D eigenvalue weighted by Gasteiger charge is -2.12. The van der Waals surface area contributed by atoms with Crippen LogP contribution in [-0.4, -0.2) is 39.5 Å². The van der Waals surface area contributed by atoms with E-state index in [1.807, 2.05) is 54.6 Å². The van der Waals surface area contributed by atoms with Gasteiger partial charge in [0.1, 0.15) is 5.69 Å². The highest BCUT2D eigenvalue weighted by atomic mass is 16.5. The molecule has 24 heavy (non-hydrogen) atoms. The van der Waals surface area contributed by atoms with Crippen molar-refractivity contribution in [1.29, 1.82) is 0 Å². The summed E-state index contributed by atoms with van der Waals surface area (Å²) in [5, 5.41) is 18.2. The first-order valence-corrected chi connectivity index (χ1v) is 8.02. The number of ether oxygens (including phenoxy) is 1. The van der Waals surface area contributed by atoms with Gasteiger partial charge in [-0.25, -0.2) is 9.97 Å². The second kappa shape index (κ2) is 7.86. The zero-order chi connectivity index (χ0) is 16.8. The largest absolute Gasteiger partial charge is 0.476 e. The van der Waals surface area contributed by atoms with E-state index in [-0.39, 0.29) is 6.61 Å². The maximum atomic E-state index is 9.40. The van der Waals surface area contributed by atoms with Gasteiger partial charge in [0, 0.05) is 5.56 Å². The molecule has 0 aliphatic carbocycles. The van der Waals surface area contributed by atoms with Crippen LogP contribution in [0.25, 0.3) is 22.3 Å². The van der Waals surface area contributed by atoms with Crippen molar-refractivity contribution in [3.05, 3.63) is 54.6 Å². The van der Waals surface area contributed by atoms with Gasteiger partial charge in [0.15, 0.2) is 0 Å². The van der Waals surface area contributed by atoms with Crippen LogP contribution in [0, 0.1) is 0 Å². The monoisotopic (exact) mass is 324 g/mol. The molecule has 3 aromatic rings. The summed E-state index contributed by atoms with van der Waals surface area (Å²) in [6, 6.07) is 17.5. The molecule has 0 amide bonds. The van der Waals surface area contributed by atoms with Gasteiger partial charge in [0.25, 0.3) is 0 Å². The molecule has 5 heteroatoms. The average molecular weight is 324 g/mol. The van der Waals surface area contributed by atoms with E-state index >= 15 is 0 Å². The van der Waals surface area contributed by atoms with Crippen LogP contribution in [0.5, 0.6) is 5.88 Å². The zero-order valence-electron chi connectivity index (χ0n) is 13.3. The van der Waals surface area contributed by atoms with Crippen molar-refractivity contribution >= 4 is 11.0 Å². The van der Waals surface area contributed by atoms with Gasteiger partial charge in [-0.3, -0.25) is 0 Å². The highest BCUT2D eigenvalue weighted by molar-refractivity contribution is 5.79. The van der Waals surface area contributed by atoms with Gasteiger partial charge in [0.05, 0.1) is 30.4 Å². The number of hydrogen-bond acceptors (Lipinski definition) is 5. The molecular weight excluding hydrogens is 304 g/mol. The lowest BCUT2D eigenvalue weighted by Crippen LogP contribution is -2.13. The Morgan fingerprint density at radius 2 is 1.58 bits per heavy atom. The molecular formula is C19H20N2O3. The van der Waals surface area contributed by atoms with Crippen molar-refractivity contribution < 1.29 is 14.9 Å². The fourth-order valence-corrected chi connectivity index (χ4v) is 2.45. The smallest absolute Gasteiger partial charge is 0.241 e. The Morgan fingerprint density at radius 3 is 2.29 bits per heavy atom. The summed E-state index contributed by atoms with van der Waals surface area (Å²) in [5.74, 6) is 0.485. The number of para-hydroxylation sites is 2. The molecule has 1 unspecified atom stereocenters. The quantitative estimate of drug-likeness (QED) is 0.654. The van der Waals surface area contributed by atoms with Gasteiger partial charge in [0.2, 0.25) is 5.88 Å². The number of aliphatic hydroxyl groups is 2. The van der Waals surface area contributed by atoms with Crippen molar-refractivity contribution in [1.82, 2.24) is 9.97 Å². The van der Waals surface area contributed by atoms with E-state index in [0.717, 1.165) is 16.6 Å². The minimum absolute atomic E-state index is 0.231. The zero-order valence-corrected chi connectivity index (χ0v) is 13.3. The van der Waals surface area contributed by atoms with Crippen LogP contribution in [0.15, 0.2) is 54.6 Å². The summed E-state index contributed by atoms with van der Waals surface area (Å²) in [6.07, 6.45) is 0.410. The normalized spacial score (nSPS) is 12.2. The van der Waals surface area contributed by atoms with E-state index in [1.54, 1.807) is 0 Å². The molecule has 0 aliphatic heterocycles. The Balaban J connectivity index is 1.86. The van der Waals surface area contributed by atoms with Gasteiger partial charge in [-0.05, 0) is 25.0 Å². The first-order valence-electron chi connectivity index (χ1n) is 8.02. The van der Waals surface area contributed by atoms with Gasteiger partial charge in [-0.2, -0.15) is 0 Å². The molecule has 0 saturated carbocycles. The topological polar surface area (TPSA) is 75.5 Å². The number of aromatic nitrogens is 2. The van der Waals surface area contributed by atoms with E-state index in [9.17, 15) is 5.11 Å². The fourth-order valence-electron chi connectivity index (χ4n) is 2.45. The van der Waals surface area contributed by atoms with E-state index in [1.165, 1.54) is 0 Å². The average Bonchev–Trinajstić information content (AvgIpc) is 2.65. The maximum Gasteiger partial charge on any atom is 0.241 e. The fraction of sp³-hybridized carbons (Fsp3) is 0.263. The molecule has 1 heterocycles. The van der Waals surface area contributed by atoms with Gasteiger partial charge in [-0.1, -0.05) is 42.5 Å². The molecule has 0 radical (unpaired) electrons. The third kappa shape index (κ3) is 3.88. The van der Waals surface area contributed by atoms with Gasteiger partial charge < -0.3 is 14.9 Å². The highest BCUT2D eigenvalue weighted by Crippen LogP contribution is 2.28. The summed E-state index contributed by atoms with van der Waals surface area (Å²) >= 11 is 0. The van der Waals surface area contributed by atoms with Gasteiger partial charge >= 0.3 is 0 Å². The van der Waals surface area contributed by atoms with Crippen LogP contribution < -0.4 is 4.74 Å². The van der Waals surface area contributed by atoms with Crippen molar-refractivity contribution in [2.75, 3.05) is 13.2 Å². The second-order valence-electron chi connectivity index (χ2n) is 5.56. The Kier molecular flexibility index (Phi) is 5.36. The minimum atomic E-state index is -0.704. The predicted octanol–water partition coefficient (Wildman–Crippen LogP) is 2.81. The van der Waals surface area contributed by atoms with E-state index < -0.39 is 6.10 Å². The third-order valence-electron chi connectivity index (χ3n) is 3.72. The van der Waals surface area contributed by atoms with Crippen LogP contribution in [0.1, 0.15) is 12.8 Å². The van der Waals surface area contributed by atoms with E-state index in [0.29, 0.717) is 31.0 Å². The third-order valence-corrected chi connectivity index (χ3v) is 3.72. The molecule has 0 saturated heterocycles. The SMILES string of the molecule is OCC(O)CCCOc1nc2ccccc2nc1-c1ccccc1. The molecule has 0 aliphatic rings. The summed E-state index contributed by atoms with van der Waals surface area (Å²) in [5.41, 5.74) is 3.25. The van der Waals surface area contributed by atoms with Crippen LogP contribution in [-0.2, 0) is 0 Å². The molecule has 1 aromatic heterocycles. The highest BCUT2D eigenvalue weighted by Gasteiger charge is 2.12. The molecule has 0 fully saturated rings. The van der Waals surface area contributed by atoms with E-state index in [4.69, 9.17) is 14.8 Å². The van der Waals surface area contributed by atoms with Crippen LogP contribution in [0.3, 0.4) is 0 Å². The summed E-state index contributed by atoms with van der Waals surface area (Å²) < 4.78 is 5.83. The summed E-state index contributed by atoms with van der Waals surface area (Å²) in [6.45, 7) is 0.176.